The average Bonchev–Trinajstić information content (AvgIpc) is 2.67. The number of likely N-dealkylation sites (N-methyl/N-ethyl adjacent to an activating group) is 1. The van der Waals surface area contributed by atoms with Crippen LogP contribution in [0.4, 0.5) is 0 Å². The summed E-state index contributed by atoms with van der Waals surface area (Å²) in [7, 11) is 2.06. The number of aromatic nitrogens is 1. The van der Waals surface area contributed by atoms with Crippen LogP contribution in [-0.4, -0.2) is 29.5 Å². The van der Waals surface area contributed by atoms with E-state index in [0.29, 0.717) is 0 Å². The first kappa shape index (κ1) is 9.68. The molecule has 2 unspecified atom stereocenters. The standard InChI is InChI=1S/C10H17N3O/c1-7-6-12-9(14-7)10(2)8(11)4-5-13(10)3/h6,8H,4-5,11H2,1-3H3. The zero-order chi connectivity index (χ0) is 10.3. The summed E-state index contributed by atoms with van der Waals surface area (Å²) in [6.45, 7) is 5.00. The molecule has 1 aliphatic heterocycles. The third kappa shape index (κ3) is 1.18. The molecule has 78 valence electrons. The Morgan fingerprint density at radius 3 is 2.86 bits per heavy atom. The molecule has 0 aliphatic carbocycles. The molecule has 4 heteroatoms. The minimum atomic E-state index is -0.242. The van der Waals surface area contributed by atoms with E-state index in [0.717, 1.165) is 24.6 Å². The Balaban J connectivity index is 2.39. The van der Waals surface area contributed by atoms with E-state index in [1.165, 1.54) is 0 Å². The zero-order valence-electron chi connectivity index (χ0n) is 8.95. The molecule has 2 rings (SSSR count). The van der Waals surface area contributed by atoms with Crippen molar-refractivity contribution in [2.75, 3.05) is 13.6 Å². The van der Waals surface area contributed by atoms with E-state index in [2.05, 4.69) is 23.9 Å². The number of nitrogens with zero attached hydrogens (tertiary/aromatic N) is 2. The molecule has 4 nitrogen and oxygen atoms in total. The smallest absolute Gasteiger partial charge is 0.216 e. The summed E-state index contributed by atoms with van der Waals surface area (Å²) in [5, 5.41) is 0. The summed E-state index contributed by atoms with van der Waals surface area (Å²) in [6, 6.07) is 0.102. The predicted octanol–water partition coefficient (Wildman–Crippen LogP) is 0.861. The summed E-state index contributed by atoms with van der Waals surface area (Å²) in [5.74, 6) is 1.58. The monoisotopic (exact) mass is 195 g/mol. The zero-order valence-corrected chi connectivity index (χ0v) is 8.95. The Hall–Kier alpha value is -0.870. The van der Waals surface area contributed by atoms with Crippen LogP contribution < -0.4 is 5.73 Å². The van der Waals surface area contributed by atoms with E-state index in [9.17, 15) is 0 Å². The first-order chi connectivity index (χ1) is 6.55. The summed E-state index contributed by atoms with van der Waals surface area (Å²) in [6.07, 6.45) is 2.74. The van der Waals surface area contributed by atoms with Gasteiger partial charge in [-0.05, 0) is 27.3 Å². The van der Waals surface area contributed by atoms with E-state index in [1.54, 1.807) is 6.20 Å². The lowest BCUT2D eigenvalue weighted by Crippen LogP contribution is -2.47. The lowest BCUT2D eigenvalue weighted by Gasteiger charge is -2.32. The van der Waals surface area contributed by atoms with Crippen LogP contribution in [0.1, 0.15) is 25.0 Å². The number of oxazole rings is 1. The fourth-order valence-electron chi connectivity index (χ4n) is 2.04. The van der Waals surface area contributed by atoms with E-state index in [-0.39, 0.29) is 11.6 Å². The number of hydrogen-bond acceptors (Lipinski definition) is 4. The van der Waals surface area contributed by atoms with E-state index < -0.39 is 0 Å². The SMILES string of the molecule is Cc1cnc(C2(C)C(N)CCN2C)o1. The van der Waals surface area contributed by atoms with Crippen molar-refractivity contribution in [3.05, 3.63) is 17.8 Å². The van der Waals surface area contributed by atoms with Gasteiger partial charge in [0.05, 0.1) is 6.20 Å². The third-order valence-corrected chi connectivity index (χ3v) is 3.34. The number of rotatable bonds is 1. The van der Waals surface area contributed by atoms with Crippen LogP contribution in [0, 0.1) is 6.92 Å². The van der Waals surface area contributed by atoms with Gasteiger partial charge in [0.15, 0.2) is 0 Å². The van der Waals surface area contributed by atoms with Gasteiger partial charge in [0, 0.05) is 12.6 Å². The quantitative estimate of drug-likeness (QED) is 0.722. The van der Waals surface area contributed by atoms with Gasteiger partial charge >= 0.3 is 0 Å². The van der Waals surface area contributed by atoms with Crippen molar-refractivity contribution in [2.24, 2.45) is 5.73 Å². The Bertz CT molecular complexity index is 324. The number of aryl methyl sites for hydroxylation is 1. The van der Waals surface area contributed by atoms with Gasteiger partial charge in [0.1, 0.15) is 11.3 Å². The maximum Gasteiger partial charge on any atom is 0.216 e. The molecule has 0 amide bonds. The second kappa shape index (κ2) is 3.07. The largest absolute Gasteiger partial charge is 0.444 e. The molecule has 2 N–H and O–H groups in total. The van der Waals surface area contributed by atoms with Crippen molar-refractivity contribution in [1.29, 1.82) is 0 Å². The number of nitrogens with two attached hydrogens (primary N) is 1. The van der Waals surface area contributed by atoms with Gasteiger partial charge in [-0.15, -0.1) is 0 Å². The van der Waals surface area contributed by atoms with E-state index in [4.69, 9.17) is 10.2 Å². The Morgan fingerprint density at radius 2 is 2.43 bits per heavy atom. The van der Waals surface area contributed by atoms with Crippen LogP contribution >= 0.6 is 0 Å². The second-order valence-electron chi connectivity index (χ2n) is 4.24. The molecule has 14 heavy (non-hydrogen) atoms. The summed E-state index contributed by atoms with van der Waals surface area (Å²) in [4.78, 5) is 6.49. The molecule has 0 aromatic carbocycles. The van der Waals surface area contributed by atoms with Gasteiger partial charge in [-0.2, -0.15) is 0 Å². The van der Waals surface area contributed by atoms with Crippen molar-refractivity contribution in [2.45, 2.75) is 31.8 Å². The van der Waals surface area contributed by atoms with Crippen LogP contribution in [0.2, 0.25) is 0 Å². The fourth-order valence-corrected chi connectivity index (χ4v) is 2.04. The highest BCUT2D eigenvalue weighted by atomic mass is 16.4. The molecular weight excluding hydrogens is 178 g/mol. The molecule has 1 aromatic heterocycles. The van der Waals surface area contributed by atoms with Crippen molar-refractivity contribution in [3.8, 4) is 0 Å². The van der Waals surface area contributed by atoms with Crippen LogP contribution in [0.3, 0.4) is 0 Å². The van der Waals surface area contributed by atoms with Gasteiger partial charge in [0.25, 0.3) is 0 Å². The second-order valence-corrected chi connectivity index (χ2v) is 4.24. The van der Waals surface area contributed by atoms with Crippen molar-refractivity contribution in [1.82, 2.24) is 9.88 Å². The molecule has 1 saturated heterocycles. The van der Waals surface area contributed by atoms with Crippen LogP contribution in [0.15, 0.2) is 10.6 Å². The summed E-state index contributed by atoms with van der Waals surface area (Å²) < 4.78 is 5.58. The average molecular weight is 195 g/mol. The first-order valence-electron chi connectivity index (χ1n) is 4.95. The first-order valence-corrected chi connectivity index (χ1v) is 4.95. The predicted molar refractivity (Wildman–Crippen MR) is 53.8 cm³/mol. The Labute approximate surface area is 84.1 Å². The highest BCUT2D eigenvalue weighted by Gasteiger charge is 2.46. The van der Waals surface area contributed by atoms with Crippen LogP contribution in [0.25, 0.3) is 0 Å². The van der Waals surface area contributed by atoms with Crippen molar-refractivity contribution >= 4 is 0 Å². The Kier molecular flexibility index (Phi) is 2.12. The minimum absolute atomic E-state index is 0.102. The van der Waals surface area contributed by atoms with Crippen LogP contribution in [0.5, 0.6) is 0 Å². The molecular formula is C10H17N3O. The molecule has 1 fully saturated rings. The lowest BCUT2D eigenvalue weighted by atomic mass is 9.94. The molecule has 0 bridgehead atoms. The highest BCUT2D eigenvalue weighted by molar-refractivity contribution is 5.12. The molecule has 1 aliphatic rings. The highest BCUT2D eigenvalue weighted by Crippen LogP contribution is 2.35. The number of hydrogen-bond donors (Lipinski definition) is 1. The van der Waals surface area contributed by atoms with Crippen molar-refractivity contribution < 1.29 is 4.42 Å². The molecule has 2 atom stereocenters. The molecule has 0 spiro atoms. The van der Waals surface area contributed by atoms with E-state index >= 15 is 0 Å². The topological polar surface area (TPSA) is 55.3 Å². The van der Waals surface area contributed by atoms with Gasteiger partial charge < -0.3 is 10.2 Å². The molecule has 0 radical (unpaired) electrons. The summed E-state index contributed by atoms with van der Waals surface area (Å²) >= 11 is 0. The Morgan fingerprint density at radius 1 is 1.71 bits per heavy atom. The van der Waals surface area contributed by atoms with Crippen molar-refractivity contribution in [3.63, 3.8) is 0 Å². The lowest BCUT2D eigenvalue weighted by molar-refractivity contribution is 0.139. The fraction of sp³-hybridized carbons (Fsp3) is 0.700. The molecule has 2 heterocycles. The van der Waals surface area contributed by atoms with Gasteiger partial charge in [0.2, 0.25) is 5.89 Å². The van der Waals surface area contributed by atoms with Gasteiger partial charge in [-0.3, -0.25) is 4.90 Å². The van der Waals surface area contributed by atoms with Gasteiger partial charge in [-0.25, -0.2) is 4.98 Å². The summed E-state index contributed by atoms with van der Waals surface area (Å²) in [5.41, 5.74) is 5.86. The maximum absolute atomic E-state index is 6.10. The third-order valence-electron chi connectivity index (χ3n) is 3.34. The minimum Gasteiger partial charge on any atom is -0.444 e. The van der Waals surface area contributed by atoms with Gasteiger partial charge in [-0.1, -0.05) is 0 Å². The molecule has 0 saturated carbocycles. The van der Waals surface area contributed by atoms with Crippen LogP contribution in [-0.2, 0) is 5.54 Å². The van der Waals surface area contributed by atoms with E-state index in [1.807, 2.05) is 6.92 Å². The maximum atomic E-state index is 6.10. The molecule has 1 aromatic rings. The number of likely N-dealkylation sites (tertiary alicyclic amines) is 1. The normalized spacial score (nSPS) is 33.9.